The molecule has 20 heavy (non-hydrogen) atoms. The van der Waals surface area contributed by atoms with Crippen molar-refractivity contribution in [2.45, 2.75) is 51.0 Å². The summed E-state index contributed by atoms with van der Waals surface area (Å²) in [4.78, 5) is 12.1. The van der Waals surface area contributed by atoms with Gasteiger partial charge in [0.2, 0.25) is 0 Å². The Hall–Kier alpha value is -1.61. The van der Waals surface area contributed by atoms with Crippen LogP contribution in [-0.2, 0) is 0 Å². The van der Waals surface area contributed by atoms with E-state index in [1.165, 1.54) is 19.3 Å². The number of hydrogen-bond acceptors (Lipinski definition) is 2. The maximum Gasteiger partial charge on any atom is 0.265 e. The summed E-state index contributed by atoms with van der Waals surface area (Å²) in [5, 5.41) is 0. The first-order valence-electron chi connectivity index (χ1n) is 7.40. The third-order valence-electron chi connectivity index (χ3n) is 4.10. The molecule has 2 rings (SSSR count). The van der Waals surface area contributed by atoms with Gasteiger partial charge in [0.1, 0.15) is 0 Å². The van der Waals surface area contributed by atoms with E-state index in [-0.39, 0.29) is 11.4 Å². The van der Waals surface area contributed by atoms with Gasteiger partial charge >= 0.3 is 0 Å². The van der Waals surface area contributed by atoms with Crippen LogP contribution in [0.15, 0.2) is 36.9 Å². The summed E-state index contributed by atoms with van der Waals surface area (Å²) in [5.74, 6) is -0.0704. The van der Waals surface area contributed by atoms with Crippen LogP contribution in [-0.4, -0.2) is 11.4 Å². The number of hydrazine groups is 1. The molecule has 0 bridgehead atoms. The number of nitrogens with one attached hydrogen (secondary N) is 2. The van der Waals surface area contributed by atoms with Crippen LogP contribution in [0.25, 0.3) is 0 Å². The fourth-order valence-electron chi connectivity index (χ4n) is 2.85. The van der Waals surface area contributed by atoms with Crippen molar-refractivity contribution in [3.63, 3.8) is 0 Å². The Balaban J connectivity index is 1.96. The topological polar surface area (TPSA) is 41.1 Å². The van der Waals surface area contributed by atoms with Gasteiger partial charge in [0.25, 0.3) is 5.91 Å². The summed E-state index contributed by atoms with van der Waals surface area (Å²) >= 11 is 0. The molecule has 0 aromatic heterocycles. The smallest absolute Gasteiger partial charge is 0.265 e. The number of rotatable bonds is 5. The number of carbonyl (C=O) groups is 1. The van der Waals surface area contributed by atoms with Gasteiger partial charge in [0.15, 0.2) is 0 Å². The molecule has 1 aromatic carbocycles. The minimum atomic E-state index is -0.0704. The quantitative estimate of drug-likeness (QED) is 0.636. The summed E-state index contributed by atoms with van der Waals surface area (Å²) in [6.07, 6.45) is 8.72. The molecule has 1 aromatic rings. The molecule has 0 unspecified atom stereocenters. The third-order valence-corrected chi connectivity index (χ3v) is 4.10. The molecule has 0 spiro atoms. The van der Waals surface area contributed by atoms with Crippen molar-refractivity contribution >= 4 is 5.91 Å². The fraction of sp³-hybridized carbons (Fsp3) is 0.471. The highest BCUT2D eigenvalue weighted by Gasteiger charge is 2.30. The summed E-state index contributed by atoms with van der Waals surface area (Å²) in [6, 6.07) is 7.62. The minimum absolute atomic E-state index is 0.0135. The molecule has 1 aliphatic carbocycles. The Kier molecular flexibility index (Phi) is 4.96. The van der Waals surface area contributed by atoms with E-state index >= 15 is 0 Å². The highest BCUT2D eigenvalue weighted by Crippen LogP contribution is 2.30. The molecule has 1 amide bonds. The van der Waals surface area contributed by atoms with Crippen LogP contribution >= 0.6 is 0 Å². The summed E-state index contributed by atoms with van der Waals surface area (Å²) in [7, 11) is 0. The molecule has 2 N–H and O–H groups in total. The number of amides is 1. The van der Waals surface area contributed by atoms with E-state index in [0.717, 1.165) is 24.8 Å². The average Bonchev–Trinajstić information content (AvgIpc) is 2.47. The number of hydrogen-bond donors (Lipinski definition) is 2. The van der Waals surface area contributed by atoms with Crippen molar-refractivity contribution in [2.75, 3.05) is 0 Å². The van der Waals surface area contributed by atoms with E-state index in [0.29, 0.717) is 5.56 Å². The lowest BCUT2D eigenvalue weighted by molar-refractivity contribution is 0.0884. The molecule has 1 fully saturated rings. The fourth-order valence-corrected chi connectivity index (χ4v) is 2.85. The standard InChI is InChI=1S/C17H24N2O/c1-3-11-17(12-5-4-6-13-17)19-18-16(20)15-9-7-14(2)8-10-15/h3,7-10,19H,1,4-6,11-13H2,2H3,(H,18,20). The molecule has 1 saturated carbocycles. The Morgan fingerprint density at radius 2 is 1.90 bits per heavy atom. The maximum absolute atomic E-state index is 12.1. The Bertz CT molecular complexity index is 458. The van der Waals surface area contributed by atoms with E-state index in [2.05, 4.69) is 17.4 Å². The van der Waals surface area contributed by atoms with E-state index < -0.39 is 0 Å². The Morgan fingerprint density at radius 1 is 1.25 bits per heavy atom. The lowest BCUT2D eigenvalue weighted by Gasteiger charge is -2.37. The Morgan fingerprint density at radius 3 is 2.50 bits per heavy atom. The first-order chi connectivity index (χ1) is 9.65. The van der Waals surface area contributed by atoms with Gasteiger partial charge in [-0.15, -0.1) is 6.58 Å². The molecule has 0 radical (unpaired) electrons. The molecule has 0 aliphatic heterocycles. The second kappa shape index (κ2) is 6.71. The first-order valence-corrected chi connectivity index (χ1v) is 7.40. The molecule has 108 valence electrons. The lowest BCUT2D eigenvalue weighted by atomic mass is 9.80. The van der Waals surface area contributed by atoms with Crippen LogP contribution in [0, 0.1) is 6.92 Å². The highest BCUT2D eigenvalue weighted by molar-refractivity contribution is 5.93. The van der Waals surface area contributed by atoms with Crippen molar-refractivity contribution in [2.24, 2.45) is 0 Å². The molecule has 0 heterocycles. The van der Waals surface area contributed by atoms with Gasteiger partial charge in [-0.2, -0.15) is 0 Å². The first kappa shape index (κ1) is 14.8. The van der Waals surface area contributed by atoms with Gasteiger partial charge < -0.3 is 0 Å². The normalized spacial score (nSPS) is 17.4. The second-order valence-corrected chi connectivity index (χ2v) is 5.78. The molecule has 0 saturated heterocycles. The van der Waals surface area contributed by atoms with Gasteiger partial charge in [-0.25, -0.2) is 5.43 Å². The van der Waals surface area contributed by atoms with Crippen molar-refractivity contribution in [3.05, 3.63) is 48.0 Å². The zero-order valence-corrected chi connectivity index (χ0v) is 12.2. The zero-order valence-electron chi connectivity index (χ0n) is 12.2. The number of carbonyl (C=O) groups excluding carboxylic acids is 1. The minimum Gasteiger partial charge on any atom is -0.287 e. The van der Waals surface area contributed by atoms with Crippen LogP contribution in [0.5, 0.6) is 0 Å². The van der Waals surface area contributed by atoms with E-state index in [1.54, 1.807) is 0 Å². The monoisotopic (exact) mass is 272 g/mol. The van der Waals surface area contributed by atoms with E-state index in [1.807, 2.05) is 37.3 Å². The van der Waals surface area contributed by atoms with Gasteiger partial charge in [-0.3, -0.25) is 10.2 Å². The predicted molar refractivity (Wildman–Crippen MR) is 82.4 cm³/mol. The maximum atomic E-state index is 12.1. The zero-order chi connectivity index (χ0) is 14.4. The molecule has 1 aliphatic rings. The SMILES string of the molecule is C=CCC1(NNC(=O)c2ccc(C)cc2)CCCCC1. The summed E-state index contributed by atoms with van der Waals surface area (Å²) in [5.41, 5.74) is 7.99. The molecule has 3 heteroatoms. The van der Waals surface area contributed by atoms with Crippen LogP contribution in [0.3, 0.4) is 0 Å². The Labute approximate surface area is 121 Å². The van der Waals surface area contributed by atoms with E-state index in [9.17, 15) is 4.79 Å². The van der Waals surface area contributed by atoms with Gasteiger partial charge in [0.05, 0.1) is 0 Å². The lowest BCUT2D eigenvalue weighted by Crippen LogP contribution is -2.55. The average molecular weight is 272 g/mol. The van der Waals surface area contributed by atoms with Crippen molar-refractivity contribution in [1.82, 2.24) is 10.9 Å². The van der Waals surface area contributed by atoms with Crippen molar-refractivity contribution in [1.29, 1.82) is 0 Å². The van der Waals surface area contributed by atoms with Crippen LogP contribution in [0.1, 0.15) is 54.4 Å². The summed E-state index contributed by atoms with van der Waals surface area (Å²) < 4.78 is 0. The molecule has 0 atom stereocenters. The third kappa shape index (κ3) is 3.70. The van der Waals surface area contributed by atoms with Crippen LogP contribution in [0.4, 0.5) is 0 Å². The number of aryl methyl sites for hydroxylation is 1. The van der Waals surface area contributed by atoms with Gasteiger partial charge in [-0.05, 0) is 38.3 Å². The highest BCUT2D eigenvalue weighted by atomic mass is 16.2. The molecule has 3 nitrogen and oxygen atoms in total. The van der Waals surface area contributed by atoms with Crippen LogP contribution in [0.2, 0.25) is 0 Å². The van der Waals surface area contributed by atoms with Crippen molar-refractivity contribution < 1.29 is 4.79 Å². The summed E-state index contributed by atoms with van der Waals surface area (Å²) in [6.45, 7) is 5.86. The number of benzene rings is 1. The largest absolute Gasteiger partial charge is 0.287 e. The second-order valence-electron chi connectivity index (χ2n) is 5.78. The molecular weight excluding hydrogens is 248 g/mol. The van der Waals surface area contributed by atoms with Crippen LogP contribution < -0.4 is 10.9 Å². The van der Waals surface area contributed by atoms with Gasteiger partial charge in [-0.1, -0.05) is 43.0 Å². The van der Waals surface area contributed by atoms with Crippen molar-refractivity contribution in [3.8, 4) is 0 Å². The van der Waals surface area contributed by atoms with Gasteiger partial charge in [0, 0.05) is 11.1 Å². The van der Waals surface area contributed by atoms with E-state index in [4.69, 9.17) is 0 Å². The molecular formula is C17H24N2O. The predicted octanol–water partition coefficient (Wildman–Crippen LogP) is 3.51.